The number of likely N-dealkylation sites (tertiary alicyclic amines) is 1. The highest BCUT2D eigenvalue weighted by Crippen LogP contribution is 2.34. The van der Waals surface area contributed by atoms with Gasteiger partial charge in [0, 0.05) is 38.6 Å². The van der Waals surface area contributed by atoms with Crippen LogP contribution in [0.2, 0.25) is 0 Å². The largest absolute Gasteiger partial charge is 0.384 e. The molecule has 10 heteroatoms. The van der Waals surface area contributed by atoms with E-state index in [4.69, 9.17) is 5.73 Å². The number of anilines is 2. The van der Waals surface area contributed by atoms with Crippen LogP contribution in [0.4, 0.5) is 16.4 Å². The number of urea groups is 1. The number of nitrogen functional groups attached to an aromatic ring is 1. The van der Waals surface area contributed by atoms with E-state index in [0.29, 0.717) is 24.0 Å². The molecule has 10 nitrogen and oxygen atoms in total. The molecule has 4 amide bonds. The van der Waals surface area contributed by atoms with Crippen molar-refractivity contribution in [3.8, 4) is 0 Å². The number of β-lactam (4-membered cyclic amide) rings is 1. The summed E-state index contributed by atoms with van der Waals surface area (Å²) in [6, 6.07) is 3.75. The third kappa shape index (κ3) is 5.16. The quantitative estimate of drug-likeness (QED) is 0.585. The Hall–Kier alpha value is -3.43. The molecular formula is C25H35N7O3. The van der Waals surface area contributed by atoms with Gasteiger partial charge in [0.15, 0.2) is 5.82 Å². The van der Waals surface area contributed by atoms with Crippen molar-refractivity contribution in [1.29, 1.82) is 0 Å². The van der Waals surface area contributed by atoms with Crippen molar-refractivity contribution in [3.05, 3.63) is 36.2 Å². The van der Waals surface area contributed by atoms with Crippen molar-refractivity contribution in [2.45, 2.75) is 64.0 Å². The number of likely N-dealkylation sites (N-methyl/N-ethyl adjacent to an activating group) is 1. The first-order valence-corrected chi connectivity index (χ1v) is 12.4. The van der Waals surface area contributed by atoms with Gasteiger partial charge in [-0.3, -0.25) is 24.1 Å². The van der Waals surface area contributed by atoms with Gasteiger partial charge in [-0.2, -0.15) is 5.10 Å². The number of carbonyl (C=O) groups is 3. The van der Waals surface area contributed by atoms with Crippen LogP contribution in [0.15, 0.2) is 30.6 Å². The molecule has 3 atom stereocenters. The summed E-state index contributed by atoms with van der Waals surface area (Å²) in [5.74, 6) is -0.181. The maximum atomic E-state index is 13.6. The van der Waals surface area contributed by atoms with Crippen molar-refractivity contribution < 1.29 is 14.4 Å². The molecule has 0 radical (unpaired) electrons. The van der Waals surface area contributed by atoms with E-state index in [1.54, 1.807) is 49.4 Å². The molecule has 0 aromatic carbocycles. The van der Waals surface area contributed by atoms with Crippen molar-refractivity contribution in [2.75, 3.05) is 17.7 Å². The number of amides is 4. The fourth-order valence-electron chi connectivity index (χ4n) is 5.34. The van der Waals surface area contributed by atoms with Crippen LogP contribution in [0.1, 0.15) is 51.0 Å². The van der Waals surface area contributed by atoms with Gasteiger partial charge in [-0.05, 0) is 49.3 Å². The zero-order valence-corrected chi connectivity index (χ0v) is 20.7. The normalized spacial score (nSPS) is 21.3. The van der Waals surface area contributed by atoms with Gasteiger partial charge < -0.3 is 11.1 Å². The van der Waals surface area contributed by atoms with Crippen LogP contribution in [-0.4, -0.2) is 56.6 Å². The molecule has 35 heavy (non-hydrogen) atoms. The standard InChI is InChI=1S/C25H35N7O3/c1-4-19(17-8-6-5-7-9-17)28-25(35)32-22(24(34)31(3)21-11-13-30(2)29-21)18(23(32)33)14-16-10-12-27-20(26)15-16/h10-13,15,17-19,22H,4-9,14H2,1-3H3,(H2,26,27)(H,28,35)/t18-,19?,22+/m1/s1. The van der Waals surface area contributed by atoms with Crippen molar-refractivity contribution >= 4 is 29.5 Å². The van der Waals surface area contributed by atoms with E-state index in [2.05, 4.69) is 15.4 Å². The molecule has 188 valence electrons. The summed E-state index contributed by atoms with van der Waals surface area (Å²) in [6.07, 6.45) is 10.1. The highest BCUT2D eigenvalue weighted by molar-refractivity contribution is 6.12. The molecule has 0 spiro atoms. The number of aromatic nitrogens is 3. The second-order valence-corrected chi connectivity index (χ2v) is 9.66. The molecule has 1 aliphatic carbocycles. The first kappa shape index (κ1) is 24.7. The summed E-state index contributed by atoms with van der Waals surface area (Å²) >= 11 is 0. The van der Waals surface area contributed by atoms with E-state index < -0.39 is 18.0 Å². The van der Waals surface area contributed by atoms with E-state index in [9.17, 15) is 14.4 Å². The SMILES string of the molecule is CCC(NC(=O)N1C(=O)[C@H](Cc2ccnc(N)c2)[C@H]1C(=O)N(C)c1ccn(C)n1)C1CCCCC1. The summed E-state index contributed by atoms with van der Waals surface area (Å²) in [7, 11) is 3.38. The van der Waals surface area contributed by atoms with Gasteiger partial charge in [-0.25, -0.2) is 9.78 Å². The maximum Gasteiger partial charge on any atom is 0.325 e. The predicted octanol–water partition coefficient (Wildman–Crippen LogP) is 2.50. The molecule has 0 bridgehead atoms. The van der Waals surface area contributed by atoms with Crippen LogP contribution in [0.25, 0.3) is 0 Å². The molecule has 2 aromatic heterocycles. The summed E-state index contributed by atoms with van der Waals surface area (Å²) in [4.78, 5) is 46.7. The first-order chi connectivity index (χ1) is 16.8. The van der Waals surface area contributed by atoms with Crippen molar-refractivity contribution in [3.63, 3.8) is 0 Å². The number of nitrogens with one attached hydrogen (secondary N) is 1. The smallest absolute Gasteiger partial charge is 0.325 e. The van der Waals surface area contributed by atoms with Crippen LogP contribution in [0.5, 0.6) is 0 Å². The van der Waals surface area contributed by atoms with Crippen molar-refractivity contribution in [1.82, 2.24) is 25.0 Å². The zero-order valence-electron chi connectivity index (χ0n) is 20.7. The Bertz CT molecular complexity index is 1080. The van der Waals surface area contributed by atoms with Crippen LogP contribution in [-0.2, 0) is 23.1 Å². The van der Waals surface area contributed by atoms with Gasteiger partial charge in [0.2, 0.25) is 5.91 Å². The lowest BCUT2D eigenvalue weighted by Gasteiger charge is -2.46. The Morgan fingerprint density at radius 2 is 2.00 bits per heavy atom. The molecule has 1 aliphatic heterocycles. The number of nitrogens with zero attached hydrogens (tertiary/aromatic N) is 5. The lowest BCUT2D eigenvalue weighted by atomic mass is 9.81. The van der Waals surface area contributed by atoms with Crippen LogP contribution in [0, 0.1) is 11.8 Å². The average molecular weight is 482 g/mol. The van der Waals surface area contributed by atoms with Crippen LogP contribution >= 0.6 is 0 Å². The number of carbonyl (C=O) groups excluding carboxylic acids is 3. The van der Waals surface area contributed by atoms with E-state index >= 15 is 0 Å². The molecule has 2 aliphatic rings. The first-order valence-electron chi connectivity index (χ1n) is 12.4. The number of hydrogen-bond donors (Lipinski definition) is 2. The van der Waals surface area contributed by atoms with E-state index in [0.717, 1.165) is 42.6 Å². The van der Waals surface area contributed by atoms with Gasteiger partial charge in [0.05, 0.1) is 5.92 Å². The minimum atomic E-state index is -0.923. The van der Waals surface area contributed by atoms with Gasteiger partial charge in [-0.15, -0.1) is 0 Å². The molecule has 2 aromatic rings. The van der Waals surface area contributed by atoms with Crippen LogP contribution < -0.4 is 16.0 Å². The topological polar surface area (TPSA) is 126 Å². The van der Waals surface area contributed by atoms with Gasteiger partial charge in [0.1, 0.15) is 11.9 Å². The lowest BCUT2D eigenvalue weighted by molar-refractivity contribution is -0.156. The predicted molar refractivity (Wildman–Crippen MR) is 132 cm³/mol. The third-order valence-electron chi connectivity index (χ3n) is 7.33. The van der Waals surface area contributed by atoms with E-state index in [-0.39, 0.29) is 17.9 Å². The minimum Gasteiger partial charge on any atom is -0.384 e. The highest BCUT2D eigenvalue weighted by atomic mass is 16.2. The number of pyridine rings is 1. The Balaban J connectivity index is 1.56. The average Bonchev–Trinajstić information content (AvgIpc) is 3.29. The van der Waals surface area contributed by atoms with Gasteiger partial charge in [-0.1, -0.05) is 26.2 Å². The summed E-state index contributed by atoms with van der Waals surface area (Å²) in [5.41, 5.74) is 6.60. The molecule has 2 fully saturated rings. The Morgan fingerprint density at radius 1 is 1.26 bits per heavy atom. The Kier molecular flexibility index (Phi) is 7.37. The highest BCUT2D eigenvalue weighted by Gasteiger charge is 2.55. The maximum absolute atomic E-state index is 13.6. The second kappa shape index (κ2) is 10.5. The number of imide groups is 1. The van der Waals surface area contributed by atoms with Crippen LogP contribution in [0.3, 0.4) is 0 Å². The monoisotopic (exact) mass is 481 g/mol. The van der Waals surface area contributed by atoms with Crippen molar-refractivity contribution in [2.24, 2.45) is 18.9 Å². The molecule has 3 N–H and O–H groups in total. The number of hydrogen-bond acceptors (Lipinski definition) is 6. The molecule has 1 saturated heterocycles. The molecule has 1 saturated carbocycles. The Morgan fingerprint density at radius 3 is 2.63 bits per heavy atom. The Labute approximate surface area is 205 Å². The van der Waals surface area contributed by atoms with Gasteiger partial charge >= 0.3 is 6.03 Å². The molecule has 4 rings (SSSR count). The minimum absolute atomic E-state index is 0.0149. The molecule has 3 heterocycles. The number of nitrogens with two attached hydrogens (primary N) is 1. The van der Waals surface area contributed by atoms with E-state index in [1.807, 2.05) is 6.92 Å². The fourth-order valence-corrected chi connectivity index (χ4v) is 5.34. The number of rotatable bonds is 7. The van der Waals surface area contributed by atoms with E-state index in [1.165, 1.54) is 11.3 Å². The van der Waals surface area contributed by atoms with Gasteiger partial charge in [0.25, 0.3) is 5.91 Å². The summed E-state index contributed by atoms with van der Waals surface area (Å²) in [5, 5.41) is 7.37. The zero-order chi connectivity index (χ0) is 25.1. The fraction of sp³-hybridized carbons (Fsp3) is 0.560. The summed E-state index contributed by atoms with van der Waals surface area (Å²) < 4.78 is 1.60. The lowest BCUT2D eigenvalue weighted by Crippen LogP contribution is -2.71. The third-order valence-corrected chi connectivity index (χ3v) is 7.33. The second-order valence-electron chi connectivity index (χ2n) is 9.66. The molecule has 1 unspecified atom stereocenters. The number of aryl methyl sites for hydroxylation is 1. The molecular weight excluding hydrogens is 446 g/mol. The summed E-state index contributed by atoms with van der Waals surface area (Å²) in [6.45, 7) is 2.05.